The summed E-state index contributed by atoms with van der Waals surface area (Å²) < 4.78 is 43.5. The van der Waals surface area contributed by atoms with Gasteiger partial charge < -0.3 is 5.32 Å². The number of amides is 1. The van der Waals surface area contributed by atoms with Crippen molar-refractivity contribution >= 4 is 32.8 Å². The zero-order valence-corrected chi connectivity index (χ0v) is 21.6. The number of anilines is 1. The molecule has 1 saturated heterocycles. The van der Waals surface area contributed by atoms with Crippen LogP contribution in [0.2, 0.25) is 0 Å². The summed E-state index contributed by atoms with van der Waals surface area (Å²) in [6.45, 7) is 2.80. The Morgan fingerprint density at radius 2 is 1.69 bits per heavy atom. The van der Waals surface area contributed by atoms with Crippen LogP contribution in [0.25, 0.3) is 22.5 Å². The molecule has 0 saturated carbocycles. The van der Waals surface area contributed by atoms with Crippen LogP contribution < -0.4 is 5.32 Å². The molecule has 11 nitrogen and oxygen atoms in total. The second-order valence-corrected chi connectivity index (χ2v) is 11.1. The number of aromatic nitrogens is 6. The highest BCUT2D eigenvalue weighted by Gasteiger charge is 2.27. The molecule has 0 aliphatic carbocycles. The fourth-order valence-electron chi connectivity index (χ4n) is 4.57. The predicted octanol–water partition coefficient (Wildman–Crippen LogP) is 3.49. The molecule has 1 aliphatic rings. The van der Waals surface area contributed by atoms with Crippen LogP contribution in [0.5, 0.6) is 0 Å². The Labute approximate surface area is 223 Å². The summed E-state index contributed by atoms with van der Waals surface area (Å²) in [7, 11) is -3.57. The van der Waals surface area contributed by atoms with E-state index >= 15 is 0 Å². The lowest BCUT2D eigenvalue weighted by Gasteiger charge is -2.15. The van der Waals surface area contributed by atoms with E-state index in [0.29, 0.717) is 47.1 Å². The van der Waals surface area contributed by atoms with Gasteiger partial charge in [-0.15, -0.1) is 0 Å². The number of fused-ring (bicyclic) bond motifs is 1. The van der Waals surface area contributed by atoms with Gasteiger partial charge in [-0.3, -0.25) is 4.79 Å². The lowest BCUT2D eigenvalue weighted by molar-refractivity contribution is 0.102. The number of nitrogens with one attached hydrogen (secondary N) is 1. The van der Waals surface area contributed by atoms with Crippen LogP contribution in [-0.4, -0.2) is 61.2 Å². The summed E-state index contributed by atoms with van der Waals surface area (Å²) in [5.74, 6) is -0.0426. The van der Waals surface area contributed by atoms with Gasteiger partial charge in [0.25, 0.3) is 5.91 Å². The molecule has 0 unspecified atom stereocenters. The summed E-state index contributed by atoms with van der Waals surface area (Å²) in [4.78, 5) is 22.0. The first-order valence-corrected chi connectivity index (χ1v) is 13.7. The molecular formula is C26H23FN8O3S. The zero-order valence-electron chi connectivity index (χ0n) is 20.8. The molecular weight excluding hydrogens is 523 g/mol. The van der Waals surface area contributed by atoms with Gasteiger partial charge in [0.2, 0.25) is 10.0 Å². The summed E-state index contributed by atoms with van der Waals surface area (Å²) in [5.41, 5.74) is 2.02. The Kier molecular flexibility index (Phi) is 6.16. The van der Waals surface area contributed by atoms with Crippen molar-refractivity contribution in [2.75, 3.05) is 18.4 Å². The smallest absolute Gasteiger partial charge is 0.256 e. The Bertz CT molecular complexity index is 1790. The number of halogens is 1. The molecule has 0 bridgehead atoms. The Morgan fingerprint density at radius 1 is 0.974 bits per heavy atom. The normalized spacial score (nSPS) is 14.2. The highest BCUT2D eigenvalue weighted by Crippen LogP contribution is 2.25. The largest absolute Gasteiger partial charge is 0.306 e. The first-order valence-electron chi connectivity index (χ1n) is 12.2. The Balaban J connectivity index is 1.29. The van der Waals surface area contributed by atoms with Crippen LogP contribution in [0.1, 0.15) is 28.9 Å². The highest BCUT2D eigenvalue weighted by molar-refractivity contribution is 7.89. The molecule has 1 fully saturated rings. The second kappa shape index (κ2) is 9.67. The van der Waals surface area contributed by atoms with Gasteiger partial charge in [-0.25, -0.2) is 27.5 Å². The molecule has 1 N–H and O–H groups in total. The van der Waals surface area contributed by atoms with Gasteiger partial charge in [-0.1, -0.05) is 0 Å². The predicted molar refractivity (Wildman–Crippen MR) is 141 cm³/mol. The minimum Gasteiger partial charge on any atom is -0.306 e. The second-order valence-electron chi connectivity index (χ2n) is 9.14. The number of nitrogens with zero attached hydrogens (tertiary/aromatic N) is 7. The van der Waals surface area contributed by atoms with E-state index in [0.717, 1.165) is 12.8 Å². The average molecular weight is 547 g/mol. The molecule has 6 rings (SSSR count). The van der Waals surface area contributed by atoms with Crippen LogP contribution in [0.4, 0.5) is 10.2 Å². The molecule has 1 aliphatic heterocycles. The Morgan fingerprint density at radius 3 is 2.41 bits per heavy atom. The molecule has 1 amide bonds. The van der Waals surface area contributed by atoms with Crippen LogP contribution in [-0.2, 0) is 10.0 Å². The summed E-state index contributed by atoms with van der Waals surface area (Å²) in [5, 5.41) is 12.3. The third-order valence-electron chi connectivity index (χ3n) is 6.51. The third-order valence-corrected chi connectivity index (χ3v) is 8.42. The van der Waals surface area contributed by atoms with Gasteiger partial charge >= 0.3 is 0 Å². The maximum atomic E-state index is 13.4. The van der Waals surface area contributed by atoms with E-state index in [4.69, 9.17) is 0 Å². The van der Waals surface area contributed by atoms with Crippen molar-refractivity contribution < 1.29 is 17.6 Å². The molecule has 2 aromatic carbocycles. The van der Waals surface area contributed by atoms with Crippen molar-refractivity contribution in [3.8, 4) is 11.5 Å². The molecule has 5 aromatic rings. The minimum absolute atomic E-state index is 0.156. The van der Waals surface area contributed by atoms with E-state index in [1.54, 1.807) is 36.0 Å². The van der Waals surface area contributed by atoms with Crippen LogP contribution >= 0.6 is 0 Å². The number of carbonyl (C=O) groups excluding carboxylic acids is 1. The third kappa shape index (κ3) is 4.55. The van der Waals surface area contributed by atoms with Crippen molar-refractivity contribution in [2.45, 2.75) is 24.7 Å². The number of carbonyl (C=O) groups is 1. The molecule has 198 valence electrons. The van der Waals surface area contributed by atoms with E-state index in [1.165, 1.54) is 51.7 Å². The van der Waals surface area contributed by atoms with E-state index in [9.17, 15) is 17.6 Å². The van der Waals surface area contributed by atoms with E-state index in [-0.39, 0.29) is 16.3 Å². The van der Waals surface area contributed by atoms with Gasteiger partial charge in [-0.05, 0) is 68.3 Å². The number of benzene rings is 2. The number of sulfonamides is 1. The van der Waals surface area contributed by atoms with Crippen molar-refractivity contribution in [2.24, 2.45) is 0 Å². The first kappa shape index (κ1) is 24.8. The monoisotopic (exact) mass is 546 g/mol. The van der Waals surface area contributed by atoms with Crippen molar-refractivity contribution in [1.82, 2.24) is 33.8 Å². The Hall–Kier alpha value is -4.49. The lowest BCUT2D eigenvalue weighted by Crippen LogP contribution is -2.27. The number of rotatable bonds is 6. The number of hydrogen-bond acceptors (Lipinski definition) is 7. The molecule has 13 heteroatoms. The van der Waals surface area contributed by atoms with Gasteiger partial charge in [0.05, 0.1) is 27.9 Å². The van der Waals surface area contributed by atoms with Crippen LogP contribution in [0, 0.1) is 12.7 Å². The fraction of sp³-hybridized carbons (Fsp3) is 0.192. The SMILES string of the molecule is Cc1cc(NC(=O)c2ccc(S(=O)(=O)N3CCCC3)cc2)n(-c2ncnc3c2cnn3-c2ccc(F)cc2)n1. The molecule has 3 aromatic heterocycles. The molecule has 4 heterocycles. The molecule has 0 atom stereocenters. The standard InChI is InChI=1S/C26H23FN8O3S/c1-17-14-23(31-26(36)18-4-10-21(11-5-18)39(37,38)33-12-2-3-13-33)35(32-17)25-22-15-30-34(24(22)28-16-29-25)20-8-6-19(27)7-9-20/h4-11,14-16H,2-3,12-13H2,1H3,(H,31,36). The van der Waals surface area contributed by atoms with Gasteiger partial charge in [-0.2, -0.15) is 19.2 Å². The van der Waals surface area contributed by atoms with Crippen LogP contribution in [0.3, 0.4) is 0 Å². The van der Waals surface area contributed by atoms with Crippen molar-refractivity contribution in [3.05, 3.63) is 84.2 Å². The van der Waals surface area contributed by atoms with E-state index in [1.807, 2.05) is 0 Å². The summed E-state index contributed by atoms with van der Waals surface area (Å²) >= 11 is 0. The molecule has 0 radical (unpaired) electrons. The van der Waals surface area contributed by atoms with Crippen LogP contribution in [0.15, 0.2) is 72.0 Å². The van der Waals surface area contributed by atoms with Gasteiger partial charge in [0, 0.05) is 24.7 Å². The first-order chi connectivity index (χ1) is 18.8. The van der Waals surface area contributed by atoms with Gasteiger partial charge in [0.1, 0.15) is 18.0 Å². The molecule has 0 spiro atoms. The highest BCUT2D eigenvalue weighted by atomic mass is 32.2. The van der Waals surface area contributed by atoms with E-state index in [2.05, 4.69) is 25.5 Å². The quantitative estimate of drug-likeness (QED) is 0.345. The fourth-order valence-corrected chi connectivity index (χ4v) is 6.08. The maximum Gasteiger partial charge on any atom is 0.256 e. The minimum atomic E-state index is -3.57. The van der Waals surface area contributed by atoms with E-state index < -0.39 is 15.9 Å². The van der Waals surface area contributed by atoms with Gasteiger partial charge in [0.15, 0.2) is 11.5 Å². The summed E-state index contributed by atoms with van der Waals surface area (Å²) in [6, 6.07) is 13.4. The maximum absolute atomic E-state index is 13.4. The zero-order chi connectivity index (χ0) is 27.1. The average Bonchev–Trinajstić information content (AvgIpc) is 3.70. The molecule has 39 heavy (non-hydrogen) atoms. The number of hydrogen-bond donors (Lipinski definition) is 1. The van der Waals surface area contributed by atoms with Crippen molar-refractivity contribution in [3.63, 3.8) is 0 Å². The summed E-state index contributed by atoms with van der Waals surface area (Å²) in [6.07, 6.45) is 4.63. The number of aryl methyl sites for hydroxylation is 1. The van der Waals surface area contributed by atoms with Crippen molar-refractivity contribution in [1.29, 1.82) is 0 Å². The lowest BCUT2D eigenvalue weighted by atomic mass is 10.2. The topological polar surface area (TPSA) is 128 Å².